The first-order chi connectivity index (χ1) is 8.63. The third kappa shape index (κ3) is 2.91. The standard InChI is InChI=1S/C12H22N2O5/c1-7(2)11(18-9(13)15)5-4-8(3)6-12(11,17)19-10(14)16/h7-8,17H,4-6H2,1-3H3,(H2,13,15)(H2,14,16)/t8-,11+,12-/m1/s1. The molecule has 1 saturated carbocycles. The van der Waals surface area contributed by atoms with Crippen molar-refractivity contribution in [3.05, 3.63) is 0 Å². The van der Waals surface area contributed by atoms with Crippen LogP contribution < -0.4 is 11.5 Å². The van der Waals surface area contributed by atoms with Gasteiger partial charge in [0, 0.05) is 6.42 Å². The lowest BCUT2D eigenvalue weighted by molar-refractivity contribution is -0.304. The smallest absolute Gasteiger partial charge is 0.407 e. The van der Waals surface area contributed by atoms with Gasteiger partial charge in [-0.1, -0.05) is 20.8 Å². The maximum atomic E-state index is 11.1. The summed E-state index contributed by atoms with van der Waals surface area (Å²) in [5.41, 5.74) is 8.73. The van der Waals surface area contributed by atoms with Crippen LogP contribution in [0.4, 0.5) is 9.59 Å². The molecule has 0 spiro atoms. The van der Waals surface area contributed by atoms with Gasteiger partial charge >= 0.3 is 12.2 Å². The molecule has 0 bridgehead atoms. The van der Waals surface area contributed by atoms with Crippen LogP contribution in [0.15, 0.2) is 0 Å². The summed E-state index contributed by atoms with van der Waals surface area (Å²) in [6, 6.07) is 0. The minimum atomic E-state index is -1.96. The molecule has 1 aliphatic rings. The van der Waals surface area contributed by atoms with Crippen molar-refractivity contribution in [3.8, 4) is 0 Å². The van der Waals surface area contributed by atoms with E-state index in [1.165, 1.54) is 0 Å². The van der Waals surface area contributed by atoms with E-state index >= 15 is 0 Å². The first-order valence-corrected chi connectivity index (χ1v) is 6.32. The number of carbonyl (C=O) groups excluding carboxylic acids is 2. The molecule has 0 radical (unpaired) electrons. The highest BCUT2D eigenvalue weighted by Gasteiger charge is 2.61. The highest BCUT2D eigenvalue weighted by Crippen LogP contribution is 2.47. The molecule has 7 heteroatoms. The van der Waals surface area contributed by atoms with Gasteiger partial charge in [-0.05, 0) is 24.7 Å². The third-order valence-electron chi connectivity index (χ3n) is 3.78. The number of amides is 2. The van der Waals surface area contributed by atoms with Crippen LogP contribution in [0.3, 0.4) is 0 Å². The molecule has 0 aliphatic heterocycles. The number of carbonyl (C=O) groups is 2. The van der Waals surface area contributed by atoms with E-state index in [0.717, 1.165) is 6.42 Å². The summed E-state index contributed by atoms with van der Waals surface area (Å²) in [5, 5.41) is 10.7. The third-order valence-corrected chi connectivity index (χ3v) is 3.78. The van der Waals surface area contributed by atoms with E-state index in [0.29, 0.717) is 6.42 Å². The Bertz CT molecular complexity index is 373. The van der Waals surface area contributed by atoms with E-state index in [-0.39, 0.29) is 18.3 Å². The van der Waals surface area contributed by atoms with Gasteiger partial charge in [0.25, 0.3) is 5.79 Å². The minimum Gasteiger partial charge on any atom is -0.436 e. The van der Waals surface area contributed by atoms with E-state index in [9.17, 15) is 14.7 Å². The van der Waals surface area contributed by atoms with Crippen LogP contribution in [-0.2, 0) is 9.47 Å². The zero-order valence-corrected chi connectivity index (χ0v) is 11.5. The summed E-state index contributed by atoms with van der Waals surface area (Å²) in [4.78, 5) is 22.2. The Morgan fingerprint density at radius 1 is 1.26 bits per heavy atom. The SMILES string of the molecule is CC(C)[C@@]1(OC(N)=O)CC[C@@H](C)C[C@@]1(O)OC(N)=O. The predicted octanol–water partition coefficient (Wildman–Crippen LogP) is 1.08. The number of nitrogens with two attached hydrogens (primary N) is 2. The lowest BCUT2D eigenvalue weighted by Crippen LogP contribution is -2.65. The molecule has 1 fully saturated rings. The quantitative estimate of drug-likeness (QED) is 0.664. The average Bonchev–Trinajstić information content (AvgIpc) is 2.19. The average molecular weight is 274 g/mol. The van der Waals surface area contributed by atoms with Crippen LogP contribution in [-0.4, -0.2) is 28.7 Å². The Balaban J connectivity index is 3.21. The molecule has 0 aromatic heterocycles. The number of primary amides is 2. The van der Waals surface area contributed by atoms with Crippen molar-refractivity contribution in [2.75, 3.05) is 0 Å². The summed E-state index contributed by atoms with van der Waals surface area (Å²) in [5.74, 6) is -2.15. The lowest BCUT2D eigenvalue weighted by Gasteiger charge is -2.51. The van der Waals surface area contributed by atoms with Crippen molar-refractivity contribution in [2.45, 2.75) is 51.4 Å². The van der Waals surface area contributed by atoms with Gasteiger partial charge in [0.1, 0.15) is 0 Å². The lowest BCUT2D eigenvalue weighted by atomic mass is 9.69. The summed E-state index contributed by atoms with van der Waals surface area (Å²) in [7, 11) is 0. The first-order valence-electron chi connectivity index (χ1n) is 6.32. The zero-order chi connectivity index (χ0) is 14.8. The monoisotopic (exact) mass is 274 g/mol. The molecule has 0 unspecified atom stereocenters. The van der Waals surface area contributed by atoms with E-state index < -0.39 is 23.6 Å². The van der Waals surface area contributed by atoms with E-state index in [1.807, 2.05) is 6.92 Å². The van der Waals surface area contributed by atoms with Gasteiger partial charge in [-0.3, -0.25) is 0 Å². The summed E-state index contributed by atoms with van der Waals surface area (Å²) < 4.78 is 10.1. The fraction of sp³-hybridized carbons (Fsp3) is 0.833. The van der Waals surface area contributed by atoms with Crippen molar-refractivity contribution in [3.63, 3.8) is 0 Å². The largest absolute Gasteiger partial charge is 0.436 e. The van der Waals surface area contributed by atoms with Crippen molar-refractivity contribution in [1.82, 2.24) is 0 Å². The maximum Gasteiger partial charge on any atom is 0.407 e. The van der Waals surface area contributed by atoms with Gasteiger partial charge in [-0.2, -0.15) is 0 Å². The van der Waals surface area contributed by atoms with Gasteiger partial charge in [0.15, 0.2) is 5.60 Å². The maximum absolute atomic E-state index is 11.1. The Morgan fingerprint density at radius 3 is 2.21 bits per heavy atom. The predicted molar refractivity (Wildman–Crippen MR) is 66.9 cm³/mol. The summed E-state index contributed by atoms with van der Waals surface area (Å²) >= 11 is 0. The van der Waals surface area contributed by atoms with Crippen LogP contribution in [0.25, 0.3) is 0 Å². The van der Waals surface area contributed by atoms with Crippen molar-refractivity contribution in [1.29, 1.82) is 0 Å². The van der Waals surface area contributed by atoms with Crippen molar-refractivity contribution < 1.29 is 24.2 Å². The van der Waals surface area contributed by atoms with Gasteiger partial charge in [0.05, 0.1) is 0 Å². The Hall–Kier alpha value is -1.50. The van der Waals surface area contributed by atoms with Crippen LogP contribution in [0, 0.1) is 11.8 Å². The number of hydrogen-bond acceptors (Lipinski definition) is 5. The summed E-state index contributed by atoms with van der Waals surface area (Å²) in [6.45, 7) is 5.42. The highest BCUT2D eigenvalue weighted by molar-refractivity contribution is 5.67. The van der Waals surface area contributed by atoms with E-state index in [1.54, 1.807) is 13.8 Å². The van der Waals surface area contributed by atoms with E-state index in [4.69, 9.17) is 20.9 Å². The second-order valence-corrected chi connectivity index (χ2v) is 5.52. The first kappa shape index (κ1) is 15.6. The normalized spacial score (nSPS) is 34.9. The minimum absolute atomic E-state index is 0.104. The van der Waals surface area contributed by atoms with Crippen molar-refractivity contribution >= 4 is 12.2 Å². The summed E-state index contributed by atoms with van der Waals surface area (Å²) in [6.07, 6.45) is -0.931. The Morgan fingerprint density at radius 2 is 1.79 bits per heavy atom. The van der Waals surface area contributed by atoms with Crippen LogP contribution in [0.1, 0.15) is 40.0 Å². The number of hydrogen-bond donors (Lipinski definition) is 3. The van der Waals surface area contributed by atoms with Crippen LogP contribution >= 0.6 is 0 Å². The van der Waals surface area contributed by atoms with Crippen LogP contribution in [0.5, 0.6) is 0 Å². The number of ether oxygens (including phenoxy) is 2. The topological polar surface area (TPSA) is 125 Å². The highest BCUT2D eigenvalue weighted by atomic mass is 16.7. The molecular weight excluding hydrogens is 252 g/mol. The molecule has 0 saturated heterocycles. The molecule has 0 heterocycles. The Labute approximate surface area is 112 Å². The molecule has 110 valence electrons. The molecule has 2 amide bonds. The molecular formula is C12H22N2O5. The zero-order valence-electron chi connectivity index (χ0n) is 11.5. The molecule has 3 atom stereocenters. The molecule has 1 aliphatic carbocycles. The molecule has 7 nitrogen and oxygen atoms in total. The Kier molecular flexibility index (Phi) is 4.29. The molecule has 0 aromatic carbocycles. The number of rotatable bonds is 3. The van der Waals surface area contributed by atoms with Gasteiger partial charge in [0.2, 0.25) is 0 Å². The van der Waals surface area contributed by atoms with Gasteiger partial charge < -0.3 is 26.0 Å². The van der Waals surface area contributed by atoms with Gasteiger partial charge in [-0.15, -0.1) is 0 Å². The molecule has 5 N–H and O–H groups in total. The fourth-order valence-corrected chi connectivity index (χ4v) is 2.87. The number of aliphatic hydroxyl groups is 1. The van der Waals surface area contributed by atoms with E-state index in [2.05, 4.69) is 0 Å². The van der Waals surface area contributed by atoms with Crippen LogP contribution in [0.2, 0.25) is 0 Å². The molecule has 0 aromatic rings. The molecule has 1 rings (SSSR count). The second-order valence-electron chi connectivity index (χ2n) is 5.52. The van der Waals surface area contributed by atoms with Crippen molar-refractivity contribution in [2.24, 2.45) is 23.3 Å². The molecule has 19 heavy (non-hydrogen) atoms. The fourth-order valence-electron chi connectivity index (χ4n) is 2.87. The van der Waals surface area contributed by atoms with Gasteiger partial charge in [-0.25, -0.2) is 9.59 Å². The second kappa shape index (κ2) is 5.24.